The fraction of sp³-hybridized carbons (Fsp3) is 0.227. The summed E-state index contributed by atoms with van der Waals surface area (Å²) in [4.78, 5) is 12.4. The molecule has 0 aliphatic rings. The van der Waals surface area contributed by atoms with E-state index >= 15 is 0 Å². The van der Waals surface area contributed by atoms with Crippen LogP contribution in [0.2, 0.25) is 5.02 Å². The van der Waals surface area contributed by atoms with Gasteiger partial charge in [-0.05, 0) is 43.7 Å². The van der Waals surface area contributed by atoms with Crippen LogP contribution in [0.5, 0.6) is 11.5 Å². The van der Waals surface area contributed by atoms with E-state index in [1.165, 1.54) is 7.11 Å². The number of nitrogens with one attached hydrogen (secondary N) is 1. The Bertz CT molecular complexity index is 1090. The maximum atomic E-state index is 12.4. The first-order valence-electron chi connectivity index (χ1n) is 9.33. The second-order valence-corrected chi connectivity index (χ2v) is 6.98. The average molecular weight is 425 g/mol. The van der Waals surface area contributed by atoms with Crippen molar-refractivity contribution in [2.75, 3.05) is 19.0 Å². The van der Waals surface area contributed by atoms with Crippen LogP contribution in [0.25, 0.3) is 5.69 Å². The Hall–Kier alpha value is -3.50. The number of nitriles is 1. The molecule has 1 heterocycles. The summed E-state index contributed by atoms with van der Waals surface area (Å²) in [5.74, 6) is 1.45. The Morgan fingerprint density at radius 1 is 1.23 bits per heavy atom. The van der Waals surface area contributed by atoms with Crippen molar-refractivity contribution in [1.82, 2.24) is 9.78 Å². The maximum Gasteiger partial charge on any atom is 0.225 e. The summed E-state index contributed by atoms with van der Waals surface area (Å²) in [5, 5.41) is 16.9. The van der Waals surface area contributed by atoms with Crippen LogP contribution < -0.4 is 14.8 Å². The van der Waals surface area contributed by atoms with Crippen LogP contribution in [0.15, 0.2) is 48.5 Å². The minimum absolute atomic E-state index is 0.145. The van der Waals surface area contributed by atoms with Gasteiger partial charge in [0.1, 0.15) is 5.82 Å². The molecule has 154 valence electrons. The van der Waals surface area contributed by atoms with E-state index in [0.717, 1.165) is 11.4 Å². The molecule has 1 N–H and O–H groups in total. The number of carbonyl (C=O) groups excluding carboxylic acids is 1. The second-order valence-electron chi connectivity index (χ2n) is 6.54. The van der Waals surface area contributed by atoms with Gasteiger partial charge in [0, 0.05) is 23.6 Å². The van der Waals surface area contributed by atoms with Crippen LogP contribution >= 0.6 is 11.6 Å². The molecule has 0 unspecified atom stereocenters. The zero-order valence-corrected chi connectivity index (χ0v) is 17.4. The fourth-order valence-electron chi connectivity index (χ4n) is 2.87. The van der Waals surface area contributed by atoms with Crippen LogP contribution in [0.1, 0.15) is 24.1 Å². The van der Waals surface area contributed by atoms with Crippen LogP contribution in [0.3, 0.4) is 0 Å². The van der Waals surface area contributed by atoms with E-state index in [4.69, 9.17) is 26.3 Å². The molecule has 0 fully saturated rings. The smallest absolute Gasteiger partial charge is 0.225 e. The first-order chi connectivity index (χ1) is 14.5. The number of benzene rings is 2. The lowest BCUT2D eigenvalue weighted by Gasteiger charge is -2.11. The Labute approximate surface area is 179 Å². The van der Waals surface area contributed by atoms with E-state index in [1.807, 2.05) is 19.1 Å². The van der Waals surface area contributed by atoms with E-state index in [9.17, 15) is 4.79 Å². The van der Waals surface area contributed by atoms with Gasteiger partial charge in [-0.3, -0.25) is 4.79 Å². The van der Waals surface area contributed by atoms with Crippen LogP contribution in [0.4, 0.5) is 5.82 Å². The number of carbonyl (C=O) groups is 1. The highest BCUT2D eigenvalue weighted by Gasteiger charge is 2.12. The van der Waals surface area contributed by atoms with Crippen LogP contribution in [0, 0.1) is 18.3 Å². The predicted molar refractivity (Wildman–Crippen MR) is 114 cm³/mol. The minimum atomic E-state index is -0.145. The number of amides is 1. The molecule has 0 aliphatic carbocycles. The lowest BCUT2D eigenvalue weighted by atomic mass is 10.2. The van der Waals surface area contributed by atoms with Gasteiger partial charge in [0.05, 0.1) is 36.7 Å². The molecule has 0 saturated carbocycles. The second kappa shape index (κ2) is 9.81. The van der Waals surface area contributed by atoms with E-state index in [0.29, 0.717) is 40.9 Å². The number of anilines is 1. The zero-order valence-electron chi connectivity index (χ0n) is 16.7. The van der Waals surface area contributed by atoms with Crippen LogP contribution in [-0.4, -0.2) is 29.4 Å². The number of hydrogen-bond acceptors (Lipinski definition) is 5. The Morgan fingerprint density at radius 2 is 2.07 bits per heavy atom. The number of aromatic nitrogens is 2. The monoisotopic (exact) mass is 424 g/mol. The van der Waals surface area contributed by atoms with Gasteiger partial charge < -0.3 is 14.8 Å². The SMILES string of the molecule is COc1cc(C#N)ccc1OCCCC(=O)Nc1cc(C)nn1-c1cccc(Cl)c1. The number of ether oxygens (including phenoxy) is 2. The molecule has 2 aromatic carbocycles. The van der Waals surface area contributed by atoms with Gasteiger partial charge in [-0.15, -0.1) is 0 Å². The van der Waals surface area contributed by atoms with Gasteiger partial charge in [0.15, 0.2) is 11.5 Å². The van der Waals surface area contributed by atoms with Crippen molar-refractivity contribution in [3.05, 3.63) is 64.8 Å². The van der Waals surface area contributed by atoms with Crippen molar-refractivity contribution in [3.8, 4) is 23.3 Å². The summed E-state index contributed by atoms with van der Waals surface area (Å²) in [6.45, 7) is 2.19. The number of methoxy groups -OCH3 is 1. The molecule has 0 bridgehead atoms. The zero-order chi connectivity index (χ0) is 21.5. The molecule has 7 nitrogen and oxygen atoms in total. The van der Waals surface area contributed by atoms with Crippen molar-refractivity contribution >= 4 is 23.3 Å². The van der Waals surface area contributed by atoms with E-state index in [1.54, 1.807) is 41.1 Å². The van der Waals surface area contributed by atoms with Gasteiger partial charge in [0.25, 0.3) is 0 Å². The third-order valence-corrected chi connectivity index (χ3v) is 4.49. The summed E-state index contributed by atoms with van der Waals surface area (Å²) in [6, 6.07) is 16.1. The molecule has 3 aromatic rings. The molecule has 0 saturated heterocycles. The van der Waals surface area contributed by atoms with Crippen LogP contribution in [-0.2, 0) is 4.79 Å². The summed E-state index contributed by atoms with van der Waals surface area (Å²) < 4.78 is 12.6. The van der Waals surface area contributed by atoms with Gasteiger partial charge in [-0.2, -0.15) is 10.4 Å². The molecule has 8 heteroatoms. The molecular formula is C22H21ClN4O3. The average Bonchev–Trinajstić information content (AvgIpc) is 3.11. The maximum absolute atomic E-state index is 12.4. The van der Waals surface area contributed by atoms with Crippen molar-refractivity contribution in [1.29, 1.82) is 5.26 Å². The van der Waals surface area contributed by atoms with E-state index in [2.05, 4.69) is 16.5 Å². The fourth-order valence-corrected chi connectivity index (χ4v) is 3.05. The number of hydrogen-bond donors (Lipinski definition) is 1. The van der Waals surface area contributed by atoms with Crippen molar-refractivity contribution in [2.24, 2.45) is 0 Å². The first-order valence-corrected chi connectivity index (χ1v) is 9.71. The first kappa shape index (κ1) is 21.2. The Kier molecular flexibility index (Phi) is 6.94. The summed E-state index contributed by atoms with van der Waals surface area (Å²) in [5.41, 5.74) is 2.04. The molecule has 3 rings (SSSR count). The molecule has 1 aromatic heterocycles. The van der Waals surface area contributed by atoms with E-state index in [-0.39, 0.29) is 12.3 Å². The summed E-state index contributed by atoms with van der Waals surface area (Å²) in [7, 11) is 1.52. The molecule has 1 amide bonds. The lowest BCUT2D eigenvalue weighted by molar-refractivity contribution is -0.116. The third-order valence-electron chi connectivity index (χ3n) is 4.25. The lowest BCUT2D eigenvalue weighted by Crippen LogP contribution is -2.15. The molecule has 0 spiro atoms. The number of aryl methyl sites for hydroxylation is 1. The molecular weight excluding hydrogens is 404 g/mol. The number of nitrogens with zero attached hydrogens (tertiary/aromatic N) is 3. The van der Waals surface area contributed by atoms with Crippen molar-refractivity contribution in [3.63, 3.8) is 0 Å². The Balaban J connectivity index is 1.56. The highest BCUT2D eigenvalue weighted by Crippen LogP contribution is 2.28. The van der Waals surface area contributed by atoms with E-state index < -0.39 is 0 Å². The Morgan fingerprint density at radius 3 is 2.80 bits per heavy atom. The topological polar surface area (TPSA) is 89.2 Å². The standard InChI is InChI=1S/C22H21ClN4O3/c1-15-11-21(27(26-15)18-6-3-5-17(23)13-18)25-22(28)7-4-10-30-19-9-8-16(14-24)12-20(19)29-2/h3,5-6,8-9,11-13H,4,7,10H2,1-2H3,(H,25,28). The quantitative estimate of drug-likeness (QED) is 0.537. The highest BCUT2D eigenvalue weighted by atomic mass is 35.5. The van der Waals surface area contributed by atoms with Crippen molar-refractivity contribution < 1.29 is 14.3 Å². The van der Waals surface area contributed by atoms with Crippen molar-refractivity contribution in [2.45, 2.75) is 19.8 Å². The molecule has 30 heavy (non-hydrogen) atoms. The largest absolute Gasteiger partial charge is 0.493 e. The number of rotatable bonds is 8. The predicted octanol–water partition coefficient (Wildman–Crippen LogP) is 4.51. The molecule has 0 radical (unpaired) electrons. The summed E-state index contributed by atoms with van der Waals surface area (Å²) in [6.07, 6.45) is 0.789. The minimum Gasteiger partial charge on any atom is -0.493 e. The third kappa shape index (κ3) is 5.31. The number of halogens is 1. The van der Waals surface area contributed by atoms with Gasteiger partial charge in [0.2, 0.25) is 5.91 Å². The molecule has 0 atom stereocenters. The van der Waals surface area contributed by atoms with Gasteiger partial charge >= 0.3 is 0 Å². The summed E-state index contributed by atoms with van der Waals surface area (Å²) >= 11 is 6.07. The molecule has 0 aliphatic heterocycles. The van der Waals surface area contributed by atoms with Gasteiger partial charge in [-0.1, -0.05) is 17.7 Å². The van der Waals surface area contributed by atoms with Gasteiger partial charge in [-0.25, -0.2) is 4.68 Å². The normalized spacial score (nSPS) is 10.3. The highest BCUT2D eigenvalue weighted by molar-refractivity contribution is 6.30.